The first-order valence-corrected chi connectivity index (χ1v) is 9.33. The molecule has 0 bridgehead atoms. The number of aromatic nitrogens is 2. The molecule has 1 aliphatic heterocycles. The number of fused-ring (bicyclic) bond motifs is 1. The number of aromatic amines is 1. The molecular formula is C22H22N4O2. The van der Waals surface area contributed by atoms with Gasteiger partial charge in [0.1, 0.15) is 5.82 Å². The van der Waals surface area contributed by atoms with Crippen molar-refractivity contribution in [2.75, 3.05) is 18.0 Å². The number of carbonyl (C=O) groups is 2. The van der Waals surface area contributed by atoms with Gasteiger partial charge in [-0.3, -0.25) is 9.59 Å². The number of hydrogen-bond donors (Lipinski definition) is 1. The number of Topliss-reactive ketones (excluding diaryl/α,β-unsaturated/α-hetero) is 1. The highest BCUT2D eigenvalue weighted by Crippen LogP contribution is 2.31. The van der Waals surface area contributed by atoms with Gasteiger partial charge in [0, 0.05) is 44.6 Å². The number of rotatable bonds is 4. The Hall–Kier alpha value is -3.41. The molecule has 3 aromatic rings. The summed E-state index contributed by atoms with van der Waals surface area (Å²) in [7, 11) is 0. The molecular weight excluding hydrogens is 352 g/mol. The van der Waals surface area contributed by atoms with Crippen LogP contribution in [0, 0.1) is 0 Å². The second kappa shape index (κ2) is 7.68. The van der Waals surface area contributed by atoms with Gasteiger partial charge in [-0.1, -0.05) is 36.4 Å². The monoisotopic (exact) mass is 374 g/mol. The first-order chi connectivity index (χ1) is 13.6. The van der Waals surface area contributed by atoms with Crippen molar-refractivity contribution >= 4 is 17.4 Å². The number of anilines is 1. The third-order valence-corrected chi connectivity index (χ3v) is 5.01. The number of carbonyl (C=O) groups excluding carboxylic acids is 2. The molecule has 0 atom stereocenters. The third kappa shape index (κ3) is 3.67. The maximum Gasteiger partial charge on any atom is 0.289 e. The minimum absolute atomic E-state index is 0.420. The van der Waals surface area contributed by atoms with Crippen molar-refractivity contribution in [1.82, 2.24) is 14.9 Å². The molecule has 0 saturated heterocycles. The summed E-state index contributed by atoms with van der Waals surface area (Å²) in [4.78, 5) is 35.4. The number of benzene rings is 2. The highest BCUT2D eigenvalue weighted by molar-refractivity contribution is 6.35. The fourth-order valence-electron chi connectivity index (χ4n) is 3.60. The third-order valence-electron chi connectivity index (χ3n) is 5.01. The van der Waals surface area contributed by atoms with Crippen molar-refractivity contribution in [3.63, 3.8) is 0 Å². The number of nitrogens with one attached hydrogen (secondary N) is 1. The Labute approximate surface area is 163 Å². The predicted molar refractivity (Wildman–Crippen MR) is 108 cm³/mol. The fourth-order valence-corrected chi connectivity index (χ4v) is 3.60. The summed E-state index contributed by atoms with van der Waals surface area (Å²) in [6.45, 7) is 3.50. The summed E-state index contributed by atoms with van der Waals surface area (Å²) >= 11 is 0. The number of ketones is 1. The lowest BCUT2D eigenvalue weighted by atomic mass is 10.0. The van der Waals surface area contributed by atoms with Gasteiger partial charge < -0.3 is 14.8 Å². The Morgan fingerprint density at radius 1 is 1.07 bits per heavy atom. The molecule has 2 aromatic carbocycles. The SMILES string of the molecule is CC(=O)C(=O)N1CCN(Cc2ncc[nH]2)c2ccc(-c3ccccc3)cc2C1. The second-order valence-corrected chi connectivity index (χ2v) is 6.95. The fraction of sp³-hybridized carbons (Fsp3) is 0.227. The van der Waals surface area contributed by atoms with E-state index in [4.69, 9.17) is 0 Å². The van der Waals surface area contributed by atoms with E-state index in [0.29, 0.717) is 26.2 Å². The number of hydrogen-bond acceptors (Lipinski definition) is 4. The smallest absolute Gasteiger partial charge is 0.289 e. The first-order valence-electron chi connectivity index (χ1n) is 9.33. The van der Waals surface area contributed by atoms with Gasteiger partial charge in [-0.25, -0.2) is 4.98 Å². The van der Waals surface area contributed by atoms with E-state index in [2.05, 4.69) is 45.2 Å². The van der Waals surface area contributed by atoms with Gasteiger partial charge in [0.25, 0.3) is 5.91 Å². The average Bonchev–Trinajstić information content (AvgIpc) is 3.16. The summed E-state index contributed by atoms with van der Waals surface area (Å²) < 4.78 is 0. The quantitative estimate of drug-likeness (QED) is 0.713. The van der Waals surface area contributed by atoms with Gasteiger partial charge in [-0.15, -0.1) is 0 Å². The summed E-state index contributed by atoms with van der Waals surface area (Å²) in [5.74, 6) is 0.000548. The van der Waals surface area contributed by atoms with E-state index in [0.717, 1.165) is 28.2 Å². The predicted octanol–water partition coefficient (Wildman–Crippen LogP) is 3.01. The molecule has 6 nitrogen and oxygen atoms in total. The average molecular weight is 374 g/mol. The molecule has 142 valence electrons. The minimum Gasteiger partial charge on any atom is -0.362 e. The van der Waals surface area contributed by atoms with Gasteiger partial charge >= 0.3 is 0 Å². The van der Waals surface area contributed by atoms with Crippen molar-refractivity contribution in [3.8, 4) is 11.1 Å². The first kappa shape index (κ1) is 18.0. The molecule has 0 unspecified atom stereocenters. The van der Waals surface area contributed by atoms with Crippen molar-refractivity contribution in [1.29, 1.82) is 0 Å². The van der Waals surface area contributed by atoms with Crippen LogP contribution < -0.4 is 4.90 Å². The second-order valence-electron chi connectivity index (χ2n) is 6.95. The lowest BCUT2D eigenvalue weighted by molar-refractivity contribution is -0.143. The summed E-state index contributed by atoms with van der Waals surface area (Å²) in [5.41, 5.74) is 4.31. The standard InChI is InChI=1S/C22H22N4O2/c1-16(27)22(28)26-12-11-25(15-21-23-9-10-24-21)20-8-7-18(13-19(20)14-26)17-5-3-2-4-6-17/h2-10,13H,11-12,14-15H2,1H3,(H,23,24). The van der Waals surface area contributed by atoms with Crippen LogP contribution in [-0.2, 0) is 22.7 Å². The molecule has 0 fully saturated rings. The van der Waals surface area contributed by atoms with E-state index < -0.39 is 11.7 Å². The van der Waals surface area contributed by atoms with Crippen LogP contribution in [0.25, 0.3) is 11.1 Å². The van der Waals surface area contributed by atoms with Gasteiger partial charge in [-0.2, -0.15) is 0 Å². The molecule has 1 amide bonds. The van der Waals surface area contributed by atoms with Crippen LogP contribution in [-0.4, -0.2) is 39.6 Å². The van der Waals surface area contributed by atoms with Crippen LogP contribution in [0.3, 0.4) is 0 Å². The molecule has 6 heteroatoms. The van der Waals surface area contributed by atoms with E-state index >= 15 is 0 Å². The Balaban J connectivity index is 1.72. The zero-order chi connectivity index (χ0) is 19.5. The minimum atomic E-state index is -0.434. The van der Waals surface area contributed by atoms with Crippen LogP contribution in [0.2, 0.25) is 0 Å². The normalized spacial score (nSPS) is 13.8. The number of H-pyrrole nitrogens is 1. The van der Waals surface area contributed by atoms with Crippen LogP contribution in [0.1, 0.15) is 18.3 Å². The zero-order valence-electron chi connectivity index (χ0n) is 15.8. The lowest BCUT2D eigenvalue weighted by Gasteiger charge is -2.24. The number of nitrogens with zero attached hydrogens (tertiary/aromatic N) is 3. The molecule has 28 heavy (non-hydrogen) atoms. The summed E-state index contributed by atoms with van der Waals surface area (Å²) in [6, 6.07) is 16.5. The molecule has 0 aliphatic carbocycles. The highest BCUT2D eigenvalue weighted by atomic mass is 16.2. The maximum absolute atomic E-state index is 12.4. The van der Waals surface area contributed by atoms with Crippen molar-refractivity contribution < 1.29 is 9.59 Å². The van der Waals surface area contributed by atoms with Crippen LogP contribution in [0.4, 0.5) is 5.69 Å². The maximum atomic E-state index is 12.4. The molecule has 0 saturated carbocycles. The van der Waals surface area contributed by atoms with Crippen LogP contribution in [0.5, 0.6) is 0 Å². The van der Waals surface area contributed by atoms with E-state index in [1.807, 2.05) is 18.2 Å². The number of imidazole rings is 1. The zero-order valence-corrected chi connectivity index (χ0v) is 15.8. The summed E-state index contributed by atoms with van der Waals surface area (Å²) in [6.07, 6.45) is 3.54. The Morgan fingerprint density at radius 3 is 2.61 bits per heavy atom. The summed E-state index contributed by atoms with van der Waals surface area (Å²) in [5, 5.41) is 0. The van der Waals surface area contributed by atoms with E-state index in [1.165, 1.54) is 6.92 Å². The molecule has 0 spiro atoms. The van der Waals surface area contributed by atoms with Crippen molar-refractivity contribution in [3.05, 3.63) is 72.3 Å². The molecule has 0 radical (unpaired) electrons. The number of amides is 1. The van der Waals surface area contributed by atoms with Gasteiger partial charge in [0.15, 0.2) is 0 Å². The van der Waals surface area contributed by atoms with E-state index in [9.17, 15) is 9.59 Å². The molecule has 1 aliphatic rings. The molecule has 4 rings (SSSR count). The lowest BCUT2D eigenvalue weighted by Crippen LogP contribution is -2.38. The van der Waals surface area contributed by atoms with E-state index in [1.54, 1.807) is 17.3 Å². The van der Waals surface area contributed by atoms with Crippen molar-refractivity contribution in [2.24, 2.45) is 0 Å². The van der Waals surface area contributed by atoms with E-state index in [-0.39, 0.29) is 0 Å². The molecule has 2 heterocycles. The highest BCUT2D eigenvalue weighted by Gasteiger charge is 2.25. The van der Waals surface area contributed by atoms with Gasteiger partial charge in [-0.05, 0) is 28.8 Å². The van der Waals surface area contributed by atoms with Gasteiger partial charge in [0.05, 0.1) is 6.54 Å². The van der Waals surface area contributed by atoms with Crippen LogP contribution >= 0.6 is 0 Å². The molecule has 1 aromatic heterocycles. The van der Waals surface area contributed by atoms with Crippen LogP contribution in [0.15, 0.2) is 60.9 Å². The van der Waals surface area contributed by atoms with Gasteiger partial charge in [0.2, 0.25) is 5.78 Å². The Kier molecular flexibility index (Phi) is 4.93. The molecule has 1 N–H and O–H groups in total. The topological polar surface area (TPSA) is 69.3 Å². The Bertz CT molecular complexity index is 983. The largest absolute Gasteiger partial charge is 0.362 e. The Morgan fingerprint density at radius 2 is 1.89 bits per heavy atom. The van der Waals surface area contributed by atoms with Crippen molar-refractivity contribution in [2.45, 2.75) is 20.0 Å².